The molecule has 19 heavy (non-hydrogen) atoms. The van der Waals surface area contributed by atoms with Crippen LogP contribution < -0.4 is 5.73 Å². The molecule has 1 aliphatic rings. The monoisotopic (exact) mass is 281 g/mol. The molecule has 0 radical (unpaired) electrons. The maximum absolute atomic E-state index is 11.6. The molecule has 1 aliphatic carbocycles. The van der Waals surface area contributed by atoms with Crippen molar-refractivity contribution in [2.24, 2.45) is 5.73 Å². The second kappa shape index (κ2) is 5.63. The SMILES string of the molecule is CCS(=O)(=O)CCCC1(N)CCCc2ccccc21. The Balaban J connectivity index is 2.08. The lowest BCUT2D eigenvalue weighted by Crippen LogP contribution is -2.40. The van der Waals surface area contributed by atoms with Gasteiger partial charge in [0.15, 0.2) is 0 Å². The van der Waals surface area contributed by atoms with Gasteiger partial charge in [-0.15, -0.1) is 0 Å². The van der Waals surface area contributed by atoms with Gasteiger partial charge in [-0.05, 0) is 43.2 Å². The third-order valence-electron chi connectivity index (χ3n) is 4.14. The summed E-state index contributed by atoms with van der Waals surface area (Å²) in [6.45, 7) is 1.70. The van der Waals surface area contributed by atoms with Gasteiger partial charge in [-0.25, -0.2) is 8.42 Å². The highest BCUT2D eigenvalue weighted by atomic mass is 32.2. The van der Waals surface area contributed by atoms with E-state index in [1.54, 1.807) is 6.92 Å². The predicted molar refractivity (Wildman–Crippen MR) is 78.8 cm³/mol. The van der Waals surface area contributed by atoms with Crippen molar-refractivity contribution in [2.45, 2.75) is 44.6 Å². The Kier molecular flexibility index (Phi) is 4.31. The van der Waals surface area contributed by atoms with Crippen LogP contribution in [0.4, 0.5) is 0 Å². The molecule has 0 heterocycles. The molecule has 0 spiro atoms. The molecule has 1 aromatic carbocycles. The van der Waals surface area contributed by atoms with Crippen LogP contribution >= 0.6 is 0 Å². The third-order valence-corrected chi connectivity index (χ3v) is 5.93. The fourth-order valence-corrected chi connectivity index (χ4v) is 3.84. The Bertz CT molecular complexity index is 539. The lowest BCUT2D eigenvalue weighted by molar-refractivity contribution is 0.343. The van der Waals surface area contributed by atoms with Crippen LogP contribution in [0.1, 0.15) is 43.7 Å². The molecule has 0 saturated heterocycles. The van der Waals surface area contributed by atoms with Crippen molar-refractivity contribution in [3.63, 3.8) is 0 Å². The maximum Gasteiger partial charge on any atom is 0.150 e. The first kappa shape index (κ1) is 14.5. The molecule has 1 aromatic rings. The predicted octanol–water partition coefficient (Wildman–Crippen LogP) is 2.39. The summed E-state index contributed by atoms with van der Waals surface area (Å²) in [4.78, 5) is 0. The number of aryl methyl sites for hydroxylation is 1. The molecule has 1 unspecified atom stereocenters. The van der Waals surface area contributed by atoms with E-state index >= 15 is 0 Å². The largest absolute Gasteiger partial charge is 0.321 e. The van der Waals surface area contributed by atoms with Crippen LogP contribution in [-0.4, -0.2) is 19.9 Å². The molecule has 3 nitrogen and oxygen atoms in total. The minimum absolute atomic E-state index is 0.223. The van der Waals surface area contributed by atoms with Gasteiger partial charge >= 0.3 is 0 Å². The quantitative estimate of drug-likeness (QED) is 0.901. The van der Waals surface area contributed by atoms with E-state index in [1.807, 2.05) is 12.1 Å². The van der Waals surface area contributed by atoms with Gasteiger partial charge in [-0.3, -0.25) is 0 Å². The van der Waals surface area contributed by atoms with Crippen molar-refractivity contribution in [1.82, 2.24) is 0 Å². The second-order valence-corrected chi connectivity index (χ2v) is 7.98. The molecule has 4 heteroatoms. The van der Waals surface area contributed by atoms with E-state index in [-0.39, 0.29) is 17.0 Å². The Labute approximate surface area is 116 Å². The van der Waals surface area contributed by atoms with Crippen molar-refractivity contribution in [1.29, 1.82) is 0 Å². The summed E-state index contributed by atoms with van der Waals surface area (Å²) >= 11 is 0. The zero-order valence-electron chi connectivity index (χ0n) is 11.6. The van der Waals surface area contributed by atoms with E-state index in [0.29, 0.717) is 6.42 Å². The van der Waals surface area contributed by atoms with Crippen LogP contribution in [0, 0.1) is 0 Å². The molecule has 0 saturated carbocycles. The fourth-order valence-electron chi connectivity index (χ4n) is 2.96. The Morgan fingerprint density at radius 3 is 2.79 bits per heavy atom. The van der Waals surface area contributed by atoms with Crippen LogP contribution in [0.2, 0.25) is 0 Å². The minimum atomic E-state index is -2.88. The molecule has 0 aromatic heterocycles. The summed E-state index contributed by atoms with van der Waals surface area (Å²) in [5.74, 6) is 0.478. The summed E-state index contributed by atoms with van der Waals surface area (Å²) in [7, 11) is -2.88. The number of hydrogen-bond donors (Lipinski definition) is 1. The highest BCUT2D eigenvalue weighted by Crippen LogP contribution is 2.36. The van der Waals surface area contributed by atoms with Gasteiger partial charge in [-0.2, -0.15) is 0 Å². The zero-order valence-corrected chi connectivity index (χ0v) is 12.4. The van der Waals surface area contributed by atoms with Crippen LogP contribution in [0.5, 0.6) is 0 Å². The molecule has 106 valence electrons. The van der Waals surface area contributed by atoms with Gasteiger partial charge in [-0.1, -0.05) is 31.2 Å². The van der Waals surface area contributed by atoms with E-state index in [2.05, 4.69) is 12.1 Å². The first-order valence-electron chi connectivity index (χ1n) is 7.04. The third kappa shape index (κ3) is 3.37. The minimum Gasteiger partial charge on any atom is -0.321 e. The molecule has 0 amide bonds. The standard InChI is InChI=1S/C15H23NO2S/c1-2-19(17,18)12-6-11-15(16)10-5-8-13-7-3-4-9-14(13)15/h3-4,7,9H,2,5-6,8,10-12,16H2,1H3. The van der Waals surface area contributed by atoms with Crippen molar-refractivity contribution in [2.75, 3.05) is 11.5 Å². The van der Waals surface area contributed by atoms with Gasteiger partial charge < -0.3 is 5.73 Å². The lowest BCUT2D eigenvalue weighted by Gasteiger charge is -2.36. The van der Waals surface area contributed by atoms with Crippen molar-refractivity contribution < 1.29 is 8.42 Å². The van der Waals surface area contributed by atoms with E-state index in [0.717, 1.165) is 25.7 Å². The van der Waals surface area contributed by atoms with Gasteiger partial charge in [0.1, 0.15) is 9.84 Å². The first-order valence-corrected chi connectivity index (χ1v) is 8.87. The van der Waals surface area contributed by atoms with Gasteiger partial charge in [0.05, 0.1) is 5.75 Å². The molecular weight excluding hydrogens is 258 g/mol. The molecular formula is C15H23NO2S. The van der Waals surface area contributed by atoms with Crippen LogP contribution in [-0.2, 0) is 21.8 Å². The van der Waals surface area contributed by atoms with Gasteiger partial charge in [0, 0.05) is 11.3 Å². The van der Waals surface area contributed by atoms with E-state index in [4.69, 9.17) is 5.73 Å². The molecule has 2 rings (SSSR count). The van der Waals surface area contributed by atoms with Crippen LogP contribution in [0.25, 0.3) is 0 Å². The molecule has 0 fully saturated rings. The van der Waals surface area contributed by atoms with E-state index in [1.165, 1.54) is 11.1 Å². The maximum atomic E-state index is 11.6. The highest BCUT2D eigenvalue weighted by Gasteiger charge is 2.32. The van der Waals surface area contributed by atoms with Crippen LogP contribution in [0.15, 0.2) is 24.3 Å². The van der Waals surface area contributed by atoms with Crippen LogP contribution in [0.3, 0.4) is 0 Å². The summed E-state index contributed by atoms with van der Waals surface area (Å²) in [6.07, 6.45) is 4.54. The zero-order chi connectivity index (χ0) is 13.9. The fraction of sp³-hybridized carbons (Fsp3) is 0.600. The van der Waals surface area contributed by atoms with Crippen molar-refractivity contribution in [3.05, 3.63) is 35.4 Å². The highest BCUT2D eigenvalue weighted by molar-refractivity contribution is 7.91. The summed E-state index contributed by atoms with van der Waals surface area (Å²) < 4.78 is 23.1. The lowest BCUT2D eigenvalue weighted by atomic mass is 9.75. The number of sulfone groups is 1. The topological polar surface area (TPSA) is 60.2 Å². The van der Waals surface area contributed by atoms with E-state index < -0.39 is 9.84 Å². The van der Waals surface area contributed by atoms with Crippen molar-refractivity contribution >= 4 is 9.84 Å². The summed E-state index contributed by atoms with van der Waals surface area (Å²) in [5.41, 5.74) is 8.76. The Morgan fingerprint density at radius 2 is 2.05 bits per heavy atom. The number of rotatable bonds is 5. The summed E-state index contributed by atoms with van der Waals surface area (Å²) in [6, 6.07) is 8.31. The molecule has 0 aliphatic heterocycles. The van der Waals surface area contributed by atoms with Gasteiger partial charge in [0.2, 0.25) is 0 Å². The van der Waals surface area contributed by atoms with Gasteiger partial charge in [0.25, 0.3) is 0 Å². The average Bonchev–Trinajstić information content (AvgIpc) is 2.39. The molecule has 2 N–H and O–H groups in total. The number of nitrogens with two attached hydrogens (primary N) is 1. The molecule has 0 bridgehead atoms. The number of hydrogen-bond acceptors (Lipinski definition) is 3. The first-order chi connectivity index (χ1) is 8.97. The van der Waals surface area contributed by atoms with Crippen molar-refractivity contribution in [3.8, 4) is 0 Å². The Morgan fingerprint density at radius 1 is 1.32 bits per heavy atom. The number of benzene rings is 1. The normalized spacial score (nSPS) is 23.1. The molecule has 1 atom stereocenters. The second-order valence-electron chi connectivity index (χ2n) is 5.51. The smallest absolute Gasteiger partial charge is 0.150 e. The Hall–Kier alpha value is -0.870. The average molecular weight is 281 g/mol. The summed E-state index contributed by atoms with van der Waals surface area (Å²) in [5, 5.41) is 0. The van der Waals surface area contributed by atoms with E-state index in [9.17, 15) is 8.42 Å². The number of fused-ring (bicyclic) bond motifs is 1.